The largest absolute Gasteiger partial charge is 0.377 e. The van der Waals surface area contributed by atoms with E-state index in [0.717, 1.165) is 22.5 Å². The van der Waals surface area contributed by atoms with E-state index in [9.17, 15) is 0 Å². The molecule has 2 aromatic rings. The van der Waals surface area contributed by atoms with Gasteiger partial charge in [-0.2, -0.15) is 0 Å². The van der Waals surface area contributed by atoms with Crippen LogP contribution in [0.5, 0.6) is 0 Å². The van der Waals surface area contributed by atoms with Crippen LogP contribution in [-0.4, -0.2) is 31.2 Å². The zero-order chi connectivity index (χ0) is 14.5. The van der Waals surface area contributed by atoms with Crippen molar-refractivity contribution in [3.05, 3.63) is 33.2 Å². The summed E-state index contributed by atoms with van der Waals surface area (Å²) in [6.45, 7) is 1.14. The summed E-state index contributed by atoms with van der Waals surface area (Å²) in [6, 6.07) is 5.85. The minimum atomic E-state index is 0.390. The molecule has 2 heterocycles. The molecule has 0 aliphatic carbocycles. The van der Waals surface area contributed by atoms with Gasteiger partial charge in [-0.25, -0.2) is 9.97 Å². The maximum absolute atomic E-state index is 5.95. The van der Waals surface area contributed by atoms with E-state index in [2.05, 4.69) is 20.2 Å². The van der Waals surface area contributed by atoms with Crippen molar-refractivity contribution in [3.8, 4) is 0 Å². The molecule has 20 heavy (non-hydrogen) atoms. The summed E-state index contributed by atoms with van der Waals surface area (Å²) in [5, 5.41) is 3.04. The third kappa shape index (κ3) is 3.82. The van der Waals surface area contributed by atoms with Gasteiger partial charge >= 0.3 is 0 Å². The first-order valence-corrected chi connectivity index (χ1v) is 7.32. The molecule has 0 amide bonds. The smallest absolute Gasteiger partial charge is 0.158 e. The highest BCUT2D eigenvalue weighted by atomic mass is 35.5. The van der Waals surface area contributed by atoms with Crippen LogP contribution in [0.15, 0.2) is 18.2 Å². The third-order valence-electron chi connectivity index (χ3n) is 2.70. The monoisotopic (exact) mass is 312 g/mol. The maximum Gasteiger partial charge on any atom is 0.158 e. The van der Waals surface area contributed by atoms with Crippen molar-refractivity contribution in [3.63, 3.8) is 0 Å². The normalized spacial score (nSPS) is 10.6. The fraction of sp³-hybridized carbons (Fsp3) is 0.385. The Morgan fingerprint density at radius 2 is 2.20 bits per heavy atom. The molecule has 2 rings (SSSR count). The number of methoxy groups -OCH3 is 1. The second kappa shape index (κ2) is 6.88. The number of anilines is 2. The number of rotatable bonds is 6. The molecule has 7 heteroatoms. The first-order chi connectivity index (χ1) is 9.62. The van der Waals surface area contributed by atoms with Gasteiger partial charge in [0.1, 0.15) is 18.2 Å². The molecule has 0 aliphatic rings. The minimum Gasteiger partial charge on any atom is -0.377 e. The van der Waals surface area contributed by atoms with E-state index >= 15 is 0 Å². The molecule has 5 nitrogen and oxygen atoms in total. The Kier molecular flexibility index (Phi) is 5.17. The van der Waals surface area contributed by atoms with Gasteiger partial charge in [-0.3, -0.25) is 0 Å². The van der Waals surface area contributed by atoms with Gasteiger partial charge in [0.15, 0.2) is 5.82 Å². The molecule has 108 valence electrons. The molecule has 2 aromatic heterocycles. The van der Waals surface area contributed by atoms with Crippen LogP contribution in [0.1, 0.15) is 10.7 Å². The number of thiophene rings is 1. The van der Waals surface area contributed by atoms with Gasteiger partial charge in [-0.1, -0.05) is 11.6 Å². The number of nitrogens with zero attached hydrogens (tertiary/aromatic N) is 3. The highest BCUT2D eigenvalue weighted by Gasteiger charge is 2.09. The van der Waals surface area contributed by atoms with Crippen LogP contribution in [0.3, 0.4) is 0 Å². The number of hydrogen-bond acceptors (Lipinski definition) is 6. The summed E-state index contributed by atoms with van der Waals surface area (Å²) in [7, 11) is 5.46. The van der Waals surface area contributed by atoms with Crippen LogP contribution >= 0.6 is 22.9 Å². The van der Waals surface area contributed by atoms with Crippen molar-refractivity contribution >= 4 is 34.6 Å². The van der Waals surface area contributed by atoms with E-state index < -0.39 is 0 Å². The van der Waals surface area contributed by atoms with Crippen LogP contribution in [0, 0.1) is 0 Å². The SMILES string of the molecule is CNc1cc(N(C)Cc2ccc(Cl)s2)nc(COC)n1. The Hall–Kier alpha value is -1.37. The number of ether oxygens (including phenoxy) is 1. The summed E-state index contributed by atoms with van der Waals surface area (Å²) in [5.74, 6) is 2.28. The fourth-order valence-corrected chi connectivity index (χ4v) is 2.89. The lowest BCUT2D eigenvalue weighted by Gasteiger charge is -2.18. The first-order valence-electron chi connectivity index (χ1n) is 6.12. The van der Waals surface area contributed by atoms with Gasteiger partial charge in [0, 0.05) is 32.1 Å². The Morgan fingerprint density at radius 3 is 2.80 bits per heavy atom. The second-order valence-electron chi connectivity index (χ2n) is 4.27. The van der Waals surface area contributed by atoms with Crippen molar-refractivity contribution in [2.75, 3.05) is 31.4 Å². The van der Waals surface area contributed by atoms with E-state index in [4.69, 9.17) is 16.3 Å². The van der Waals surface area contributed by atoms with Crippen LogP contribution in [0.4, 0.5) is 11.6 Å². The Labute approximate surface area is 127 Å². The predicted molar refractivity (Wildman–Crippen MR) is 83.7 cm³/mol. The molecule has 0 radical (unpaired) electrons. The van der Waals surface area contributed by atoms with Crippen molar-refractivity contribution < 1.29 is 4.74 Å². The molecule has 0 aromatic carbocycles. The molecule has 0 saturated heterocycles. The number of hydrogen-bond donors (Lipinski definition) is 1. The summed E-state index contributed by atoms with van der Waals surface area (Å²) < 4.78 is 5.90. The highest BCUT2D eigenvalue weighted by molar-refractivity contribution is 7.16. The predicted octanol–water partition coefficient (Wildman–Crippen LogP) is 3.02. The van der Waals surface area contributed by atoms with E-state index in [1.54, 1.807) is 18.4 Å². The molecule has 0 fully saturated rings. The number of aromatic nitrogens is 2. The lowest BCUT2D eigenvalue weighted by Crippen LogP contribution is -2.18. The molecular weight excluding hydrogens is 296 g/mol. The third-order valence-corrected chi connectivity index (χ3v) is 3.92. The highest BCUT2D eigenvalue weighted by Crippen LogP contribution is 2.24. The van der Waals surface area contributed by atoms with E-state index in [-0.39, 0.29) is 0 Å². The zero-order valence-corrected chi connectivity index (χ0v) is 13.3. The maximum atomic E-state index is 5.95. The molecule has 0 spiro atoms. The fourth-order valence-electron chi connectivity index (χ4n) is 1.75. The van der Waals surface area contributed by atoms with Crippen molar-refractivity contribution in [2.45, 2.75) is 13.2 Å². The average Bonchev–Trinajstić information content (AvgIpc) is 2.84. The summed E-state index contributed by atoms with van der Waals surface area (Å²) in [4.78, 5) is 12.1. The quantitative estimate of drug-likeness (QED) is 0.888. The first kappa shape index (κ1) is 15.0. The minimum absolute atomic E-state index is 0.390. The molecule has 1 N–H and O–H groups in total. The Morgan fingerprint density at radius 1 is 1.40 bits per heavy atom. The van der Waals surface area contributed by atoms with Gasteiger partial charge in [0.05, 0.1) is 10.9 Å². The van der Waals surface area contributed by atoms with Crippen LogP contribution < -0.4 is 10.2 Å². The van der Waals surface area contributed by atoms with Gasteiger partial charge in [0.25, 0.3) is 0 Å². The summed E-state index contributed by atoms with van der Waals surface area (Å²) in [6.07, 6.45) is 0. The lowest BCUT2D eigenvalue weighted by molar-refractivity contribution is 0.178. The summed E-state index contributed by atoms with van der Waals surface area (Å²) >= 11 is 7.53. The van der Waals surface area contributed by atoms with Crippen LogP contribution in [0.25, 0.3) is 0 Å². The van der Waals surface area contributed by atoms with Crippen molar-refractivity contribution in [1.82, 2.24) is 9.97 Å². The van der Waals surface area contributed by atoms with Gasteiger partial charge in [-0.05, 0) is 12.1 Å². The van der Waals surface area contributed by atoms with Crippen molar-refractivity contribution in [2.24, 2.45) is 0 Å². The Bertz CT molecular complexity index is 575. The average molecular weight is 313 g/mol. The number of nitrogens with one attached hydrogen (secondary N) is 1. The van der Waals surface area contributed by atoms with Gasteiger partial charge in [-0.15, -0.1) is 11.3 Å². The zero-order valence-electron chi connectivity index (χ0n) is 11.7. The molecule has 0 bridgehead atoms. The van der Waals surface area contributed by atoms with Crippen LogP contribution in [-0.2, 0) is 17.9 Å². The molecule has 0 saturated carbocycles. The Balaban J connectivity index is 2.19. The molecule has 0 aliphatic heterocycles. The van der Waals surface area contributed by atoms with Crippen LogP contribution in [0.2, 0.25) is 4.34 Å². The second-order valence-corrected chi connectivity index (χ2v) is 6.07. The number of halogens is 1. The standard InChI is InChI=1S/C13H17ClN4OS/c1-15-11-6-13(17-12(16-11)8-19-3)18(2)7-9-4-5-10(14)20-9/h4-6H,7-8H2,1-3H3,(H,15,16,17). The van der Waals surface area contributed by atoms with Gasteiger partial charge < -0.3 is 15.0 Å². The summed E-state index contributed by atoms with van der Waals surface area (Å²) in [5.41, 5.74) is 0. The van der Waals surface area contributed by atoms with Gasteiger partial charge in [0.2, 0.25) is 0 Å². The van der Waals surface area contributed by atoms with Crippen molar-refractivity contribution in [1.29, 1.82) is 0 Å². The topological polar surface area (TPSA) is 50.3 Å². The molecule has 0 unspecified atom stereocenters. The van der Waals surface area contributed by atoms with E-state index in [0.29, 0.717) is 12.4 Å². The lowest BCUT2D eigenvalue weighted by atomic mass is 10.4. The molecular formula is C13H17ClN4OS. The van der Waals surface area contributed by atoms with E-state index in [1.807, 2.05) is 32.3 Å². The van der Waals surface area contributed by atoms with E-state index in [1.165, 1.54) is 4.88 Å². The molecule has 0 atom stereocenters.